The standard InChI is InChI=1S/C51H98O6/c1-7-46(5)38-32-26-20-17-18-21-28-34-40-49(52)55-43-48(44-56-50(53)41-35-29-24-23-27-33-39-47(6)8-2)57-51(54)42-36-30-22-16-14-12-10-9-11-13-15-19-25-31-37-45(3)4/h45-48H,7-44H2,1-6H3/t46?,47?,48-/m0/s1. The van der Waals surface area contributed by atoms with Gasteiger partial charge in [0.2, 0.25) is 0 Å². The summed E-state index contributed by atoms with van der Waals surface area (Å²) in [4.78, 5) is 37.9. The number of esters is 3. The van der Waals surface area contributed by atoms with Crippen LogP contribution in [0, 0.1) is 17.8 Å². The van der Waals surface area contributed by atoms with E-state index in [1.165, 1.54) is 154 Å². The topological polar surface area (TPSA) is 78.9 Å². The van der Waals surface area contributed by atoms with Crippen molar-refractivity contribution in [3.63, 3.8) is 0 Å². The minimum Gasteiger partial charge on any atom is -0.462 e. The van der Waals surface area contributed by atoms with Crippen molar-refractivity contribution in [1.29, 1.82) is 0 Å². The van der Waals surface area contributed by atoms with Crippen LogP contribution in [0.2, 0.25) is 0 Å². The Morgan fingerprint density at radius 2 is 0.614 bits per heavy atom. The lowest BCUT2D eigenvalue weighted by atomic mass is 9.99. The zero-order valence-electron chi connectivity index (χ0n) is 39.1. The summed E-state index contributed by atoms with van der Waals surface area (Å²) in [7, 11) is 0. The van der Waals surface area contributed by atoms with Gasteiger partial charge in [-0.25, -0.2) is 0 Å². The number of carbonyl (C=O) groups is 3. The van der Waals surface area contributed by atoms with Gasteiger partial charge in [-0.05, 0) is 37.0 Å². The van der Waals surface area contributed by atoms with Gasteiger partial charge >= 0.3 is 17.9 Å². The second-order valence-corrected chi connectivity index (χ2v) is 18.4. The quantitative estimate of drug-likeness (QED) is 0.0347. The van der Waals surface area contributed by atoms with Crippen LogP contribution in [0.3, 0.4) is 0 Å². The fourth-order valence-electron chi connectivity index (χ4n) is 7.52. The molecular formula is C51H98O6. The molecule has 0 aromatic rings. The van der Waals surface area contributed by atoms with Gasteiger partial charge in [0.25, 0.3) is 0 Å². The Balaban J connectivity index is 4.31. The van der Waals surface area contributed by atoms with E-state index in [-0.39, 0.29) is 31.1 Å². The molecule has 0 aliphatic rings. The second-order valence-electron chi connectivity index (χ2n) is 18.4. The van der Waals surface area contributed by atoms with Crippen LogP contribution in [0.5, 0.6) is 0 Å². The molecule has 0 aromatic carbocycles. The molecule has 2 unspecified atom stereocenters. The Morgan fingerprint density at radius 3 is 0.912 bits per heavy atom. The molecule has 0 bridgehead atoms. The fourth-order valence-corrected chi connectivity index (χ4v) is 7.52. The highest BCUT2D eigenvalue weighted by atomic mass is 16.6. The first-order chi connectivity index (χ1) is 27.7. The zero-order chi connectivity index (χ0) is 42.0. The maximum absolute atomic E-state index is 12.8. The van der Waals surface area contributed by atoms with E-state index in [0.29, 0.717) is 19.3 Å². The Morgan fingerprint density at radius 1 is 0.351 bits per heavy atom. The van der Waals surface area contributed by atoms with Crippen LogP contribution in [0.4, 0.5) is 0 Å². The summed E-state index contributed by atoms with van der Waals surface area (Å²) in [5.74, 6) is 1.65. The van der Waals surface area contributed by atoms with Crippen molar-refractivity contribution in [1.82, 2.24) is 0 Å². The molecule has 0 fully saturated rings. The molecule has 0 saturated heterocycles. The van der Waals surface area contributed by atoms with E-state index in [4.69, 9.17) is 14.2 Å². The van der Waals surface area contributed by atoms with Crippen molar-refractivity contribution in [3.05, 3.63) is 0 Å². The third-order valence-corrected chi connectivity index (χ3v) is 12.1. The number of carbonyl (C=O) groups excluding carboxylic acids is 3. The molecule has 0 aliphatic heterocycles. The molecule has 0 rings (SSSR count). The second kappa shape index (κ2) is 42.5. The van der Waals surface area contributed by atoms with E-state index >= 15 is 0 Å². The molecule has 6 heteroatoms. The van der Waals surface area contributed by atoms with E-state index in [1.807, 2.05) is 0 Å². The third-order valence-electron chi connectivity index (χ3n) is 12.1. The number of hydrogen-bond donors (Lipinski definition) is 0. The van der Waals surface area contributed by atoms with E-state index < -0.39 is 6.10 Å². The van der Waals surface area contributed by atoms with Crippen molar-refractivity contribution in [3.8, 4) is 0 Å². The number of ether oxygens (including phenoxy) is 3. The first-order valence-corrected chi connectivity index (χ1v) is 25.2. The van der Waals surface area contributed by atoms with Gasteiger partial charge in [0.15, 0.2) is 6.10 Å². The summed E-state index contributed by atoms with van der Waals surface area (Å²) in [5.41, 5.74) is 0. The molecular weight excluding hydrogens is 709 g/mol. The molecule has 0 heterocycles. The summed E-state index contributed by atoms with van der Waals surface area (Å²) in [6, 6.07) is 0. The summed E-state index contributed by atoms with van der Waals surface area (Å²) in [6.07, 6.45) is 40.9. The third kappa shape index (κ3) is 42.3. The van der Waals surface area contributed by atoms with Crippen LogP contribution in [0.15, 0.2) is 0 Å². The van der Waals surface area contributed by atoms with E-state index in [9.17, 15) is 14.4 Å². The van der Waals surface area contributed by atoms with Crippen LogP contribution in [0.25, 0.3) is 0 Å². The molecule has 338 valence electrons. The van der Waals surface area contributed by atoms with Crippen molar-refractivity contribution in [2.75, 3.05) is 13.2 Å². The Hall–Kier alpha value is -1.59. The monoisotopic (exact) mass is 807 g/mol. The Bertz CT molecular complexity index is 887. The summed E-state index contributed by atoms with van der Waals surface area (Å²) < 4.78 is 16.8. The van der Waals surface area contributed by atoms with Crippen molar-refractivity contribution >= 4 is 17.9 Å². The molecule has 6 nitrogen and oxygen atoms in total. The smallest absolute Gasteiger partial charge is 0.306 e. The summed E-state index contributed by atoms with van der Waals surface area (Å²) in [6.45, 7) is 13.7. The van der Waals surface area contributed by atoms with Gasteiger partial charge < -0.3 is 14.2 Å². The number of rotatable bonds is 44. The van der Waals surface area contributed by atoms with Crippen LogP contribution in [0.1, 0.15) is 273 Å². The van der Waals surface area contributed by atoms with Crippen molar-refractivity contribution < 1.29 is 28.6 Å². The van der Waals surface area contributed by atoms with E-state index in [1.54, 1.807) is 0 Å². The molecule has 57 heavy (non-hydrogen) atoms. The first-order valence-electron chi connectivity index (χ1n) is 25.2. The van der Waals surface area contributed by atoms with Crippen molar-refractivity contribution in [2.24, 2.45) is 17.8 Å². The maximum Gasteiger partial charge on any atom is 0.306 e. The Kier molecular flexibility index (Phi) is 41.3. The van der Waals surface area contributed by atoms with Gasteiger partial charge in [0.1, 0.15) is 13.2 Å². The molecule has 0 saturated carbocycles. The number of hydrogen-bond acceptors (Lipinski definition) is 6. The van der Waals surface area contributed by atoms with E-state index in [2.05, 4.69) is 41.5 Å². The van der Waals surface area contributed by atoms with Gasteiger partial charge in [-0.1, -0.05) is 234 Å². The average Bonchev–Trinajstić information content (AvgIpc) is 3.19. The molecule has 0 spiro atoms. The SMILES string of the molecule is CCC(C)CCCCCCCCCCC(=O)OC[C@@H](COC(=O)CCCCCCCCC(C)CC)OC(=O)CCCCCCCCCCCCCCCCC(C)C. The van der Waals surface area contributed by atoms with Crippen LogP contribution < -0.4 is 0 Å². The van der Waals surface area contributed by atoms with Gasteiger partial charge in [-0.15, -0.1) is 0 Å². The maximum atomic E-state index is 12.8. The molecule has 0 N–H and O–H groups in total. The molecule has 3 atom stereocenters. The highest BCUT2D eigenvalue weighted by Crippen LogP contribution is 2.18. The van der Waals surface area contributed by atoms with E-state index in [0.717, 1.165) is 75.5 Å². The van der Waals surface area contributed by atoms with Gasteiger partial charge in [-0.2, -0.15) is 0 Å². The predicted molar refractivity (Wildman–Crippen MR) is 243 cm³/mol. The molecule has 0 radical (unpaired) electrons. The fraction of sp³-hybridized carbons (Fsp3) is 0.941. The lowest BCUT2D eigenvalue weighted by Crippen LogP contribution is -2.30. The molecule has 0 aromatic heterocycles. The van der Waals surface area contributed by atoms with Gasteiger partial charge in [-0.3, -0.25) is 14.4 Å². The molecule has 0 amide bonds. The van der Waals surface area contributed by atoms with Crippen LogP contribution in [-0.2, 0) is 28.6 Å². The van der Waals surface area contributed by atoms with Gasteiger partial charge in [0.05, 0.1) is 0 Å². The van der Waals surface area contributed by atoms with Crippen LogP contribution >= 0.6 is 0 Å². The highest BCUT2D eigenvalue weighted by molar-refractivity contribution is 5.71. The summed E-state index contributed by atoms with van der Waals surface area (Å²) >= 11 is 0. The predicted octanol–water partition coefficient (Wildman–Crippen LogP) is 16.0. The van der Waals surface area contributed by atoms with Crippen molar-refractivity contribution in [2.45, 2.75) is 279 Å². The normalized spacial score (nSPS) is 13.1. The lowest BCUT2D eigenvalue weighted by Gasteiger charge is -2.18. The van der Waals surface area contributed by atoms with Crippen LogP contribution in [-0.4, -0.2) is 37.2 Å². The number of unbranched alkanes of at least 4 members (excludes halogenated alkanes) is 25. The Labute approximate surface area is 355 Å². The zero-order valence-corrected chi connectivity index (χ0v) is 39.1. The first kappa shape index (κ1) is 55.4. The largest absolute Gasteiger partial charge is 0.462 e. The summed E-state index contributed by atoms with van der Waals surface area (Å²) in [5, 5.41) is 0. The minimum atomic E-state index is -0.763. The highest BCUT2D eigenvalue weighted by Gasteiger charge is 2.19. The minimum absolute atomic E-state index is 0.0660. The molecule has 0 aliphatic carbocycles. The average molecular weight is 807 g/mol. The van der Waals surface area contributed by atoms with Gasteiger partial charge in [0, 0.05) is 19.3 Å². The lowest BCUT2D eigenvalue weighted by molar-refractivity contribution is -0.167.